The van der Waals surface area contributed by atoms with Crippen LogP contribution in [0.3, 0.4) is 0 Å². The number of amides is 1. The highest BCUT2D eigenvalue weighted by Gasteiger charge is 2.29. The van der Waals surface area contributed by atoms with E-state index in [1.807, 2.05) is 0 Å². The lowest BCUT2D eigenvalue weighted by atomic mass is 10.1. The van der Waals surface area contributed by atoms with Gasteiger partial charge in [0.05, 0.1) is 36.8 Å². The second kappa shape index (κ2) is 9.32. The van der Waals surface area contributed by atoms with E-state index in [-0.39, 0.29) is 36.1 Å². The van der Waals surface area contributed by atoms with Crippen LogP contribution in [0, 0.1) is 0 Å². The monoisotopic (exact) mass is 458 g/mol. The number of nitrogens with one attached hydrogen (secondary N) is 1. The molecule has 0 radical (unpaired) electrons. The molecule has 1 amide bonds. The van der Waals surface area contributed by atoms with Gasteiger partial charge < -0.3 is 14.8 Å². The number of rotatable bonds is 6. The number of sulfonamides is 1. The third-order valence-electron chi connectivity index (χ3n) is 4.38. The van der Waals surface area contributed by atoms with E-state index < -0.39 is 10.0 Å². The van der Waals surface area contributed by atoms with Crippen LogP contribution in [-0.4, -0.2) is 52.0 Å². The molecule has 0 bridgehead atoms. The van der Waals surface area contributed by atoms with Gasteiger partial charge in [-0.15, -0.1) is 0 Å². The fraction of sp³-hybridized carbons (Fsp3) is 0.316. The Hall–Kier alpha value is -1.84. The zero-order valence-corrected chi connectivity index (χ0v) is 18.0. The van der Waals surface area contributed by atoms with E-state index in [1.165, 1.54) is 23.5 Å². The molecule has 7 nitrogen and oxygen atoms in total. The molecule has 0 unspecified atom stereocenters. The highest BCUT2D eigenvalue weighted by Crippen LogP contribution is 2.30. The zero-order valence-electron chi connectivity index (χ0n) is 15.7. The highest BCUT2D eigenvalue weighted by molar-refractivity contribution is 7.89. The molecule has 1 saturated heterocycles. The first-order valence-corrected chi connectivity index (χ1v) is 11.0. The van der Waals surface area contributed by atoms with Crippen molar-refractivity contribution in [2.45, 2.75) is 11.3 Å². The van der Waals surface area contributed by atoms with Gasteiger partial charge in [0.2, 0.25) is 15.9 Å². The van der Waals surface area contributed by atoms with Crippen molar-refractivity contribution in [2.75, 3.05) is 38.7 Å². The molecular weight excluding hydrogens is 439 g/mol. The van der Waals surface area contributed by atoms with Crippen molar-refractivity contribution >= 4 is 44.8 Å². The number of methoxy groups -OCH3 is 1. The van der Waals surface area contributed by atoms with Crippen LogP contribution in [0.15, 0.2) is 41.3 Å². The third-order valence-corrected chi connectivity index (χ3v) is 7.04. The number of hydrogen-bond donors (Lipinski definition) is 1. The molecule has 3 rings (SSSR count). The Morgan fingerprint density at radius 1 is 1.14 bits per heavy atom. The standard InChI is InChI=1S/C19H20Cl2N2O5S/c1-27-17-5-3-14(12-18(17)29(25,26)23-6-8-28-9-7-23)22-19(24)11-13-2-4-15(20)16(21)10-13/h2-5,10,12H,6-9,11H2,1H3,(H,22,24). The van der Waals surface area contributed by atoms with Crippen LogP contribution < -0.4 is 10.1 Å². The molecule has 10 heteroatoms. The molecule has 0 spiro atoms. The van der Waals surface area contributed by atoms with Crippen molar-refractivity contribution in [3.05, 3.63) is 52.0 Å². The summed E-state index contributed by atoms with van der Waals surface area (Å²) in [5, 5.41) is 3.48. The fourth-order valence-electron chi connectivity index (χ4n) is 2.92. The van der Waals surface area contributed by atoms with Crippen molar-refractivity contribution in [3.8, 4) is 5.75 Å². The van der Waals surface area contributed by atoms with Crippen molar-refractivity contribution in [1.82, 2.24) is 4.31 Å². The highest BCUT2D eigenvalue weighted by atomic mass is 35.5. The number of halogens is 2. The maximum atomic E-state index is 13.0. The number of carbonyl (C=O) groups excluding carboxylic acids is 1. The van der Waals surface area contributed by atoms with Crippen LogP contribution in [-0.2, 0) is 26.0 Å². The summed E-state index contributed by atoms with van der Waals surface area (Å²) < 4.78 is 37.8. The summed E-state index contributed by atoms with van der Waals surface area (Å²) in [5.41, 5.74) is 1.04. The summed E-state index contributed by atoms with van der Waals surface area (Å²) in [7, 11) is -2.39. The van der Waals surface area contributed by atoms with Crippen LogP contribution >= 0.6 is 23.2 Å². The van der Waals surface area contributed by atoms with Gasteiger partial charge in [-0.3, -0.25) is 4.79 Å². The third kappa shape index (κ3) is 5.21. The van der Waals surface area contributed by atoms with Crippen molar-refractivity contribution < 1.29 is 22.7 Å². The van der Waals surface area contributed by atoms with E-state index in [4.69, 9.17) is 32.7 Å². The molecular formula is C19H20Cl2N2O5S. The summed E-state index contributed by atoms with van der Waals surface area (Å²) in [5.74, 6) is -0.109. The van der Waals surface area contributed by atoms with E-state index in [1.54, 1.807) is 24.3 Å². The molecule has 2 aromatic rings. The van der Waals surface area contributed by atoms with Gasteiger partial charge in [0.1, 0.15) is 10.6 Å². The van der Waals surface area contributed by atoms with E-state index in [0.717, 1.165) is 0 Å². The van der Waals surface area contributed by atoms with Gasteiger partial charge in [-0.05, 0) is 35.9 Å². The summed E-state index contributed by atoms with van der Waals surface area (Å²) >= 11 is 11.9. The molecule has 0 aliphatic carbocycles. The van der Waals surface area contributed by atoms with E-state index in [2.05, 4.69) is 5.32 Å². The SMILES string of the molecule is COc1ccc(NC(=O)Cc2ccc(Cl)c(Cl)c2)cc1S(=O)(=O)N1CCOCC1. The Morgan fingerprint density at radius 3 is 2.52 bits per heavy atom. The molecule has 1 heterocycles. The quantitative estimate of drug-likeness (QED) is 0.717. The van der Waals surface area contributed by atoms with Gasteiger partial charge >= 0.3 is 0 Å². The van der Waals surface area contributed by atoms with Gasteiger partial charge in [0, 0.05) is 18.8 Å². The Balaban J connectivity index is 1.80. The van der Waals surface area contributed by atoms with Crippen molar-refractivity contribution in [1.29, 1.82) is 0 Å². The minimum Gasteiger partial charge on any atom is -0.495 e. The van der Waals surface area contributed by atoms with Crippen molar-refractivity contribution in [2.24, 2.45) is 0 Å². The van der Waals surface area contributed by atoms with Crippen LogP contribution in [0.5, 0.6) is 5.75 Å². The predicted molar refractivity (Wildman–Crippen MR) is 111 cm³/mol. The average molecular weight is 459 g/mol. The summed E-state index contributed by atoms with van der Waals surface area (Å²) in [6.45, 7) is 1.20. The lowest BCUT2D eigenvalue weighted by Gasteiger charge is -2.26. The minimum atomic E-state index is -3.79. The lowest BCUT2D eigenvalue weighted by molar-refractivity contribution is -0.115. The molecule has 0 saturated carbocycles. The van der Waals surface area contributed by atoms with Gasteiger partial charge in [-0.2, -0.15) is 4.31 Å². The molecule has 2 aromatic carbocycles. The molecule has 1 aliphatic heterocycles. The summed E-state index contributed by atoms with van der Waals surface area (Å²) in [6.07, 6.45) is 0.0640. The van der Waals surface area contributed by atoms with Crippen LogP contribution in [0.1, 0.15) is 5.56 Å². The fourth-order valence-corrected chi connectivity index (χ4v) is 4.83. The zero-order chi connectivity index (χ0) is 21.0. The van der Waals surface area contributed by atoms with Crippen LogP contribution in [0.25, 0.3) is 0 Å². The van der Waals surface area contributed by atoms with Crippen LogP contribution in [0.2, 0.25) is 10.0 Å². The summed E-state index contributed by atoms with van der Waals surface area (Å²) in [4.78, 5) is 12.4. The smallest absolute Gasteiger partial charge is 0.246 e. The number of nitrogens with zero attached hydrogens (tertiary/aromatic N) is 1. The molecule has 0 atom stereocenters. The molecule has 1 N–H and O–H groups in total. The second-order valence-electron chi connectivity index (χ2n) is 6.36. The lowest BCUT2D eigenvalue weighted by Crippen LogP contribution is -2.40. The van der Waals surface area contributed by atoms with Gasteiger partial charge in [0.25, 0.3) is 0 Å². The number of morpholine rings is 1. The Bertz CT molecular complexity index is 1010. The average Bonchev–Trinajstić information content (AvgIpc) is 2.71. The summed E-state index contributed by atoms with van der Waals surface area (Å²) in [6, 6.07) is 9.44. The number of hydrogen-bond acceptors (Lipinski definition) is 5. The Kier molecular flexibility index (Phi) is 7.02. The largest absolute Gasteiger partial charge is 0.495 e. The molecule has 1 aliphatic rings. The minimum absolute atomic E-state index is 0.00534. The van der Waals surface area contributed by atoms with Crippen LogP contribution in [0.4, 0.5) is 5.69 Å². The molecule has 29 heavy (non-hydrogen) atoms. The van der Waals surface area contributed by atoms with Gasteiger partial charge in [-0.1, -0.05) is 29.3 Å². The predicted octanol–water partition coefficient (Wildman–Crippen LogP) is 3.20. The number of benzene rings is 2. The molecule has 0 aromatic heterocycles. The first-order chi connectivity index (χ1) is 13.8. The Morgan fingerprint density at radius 2 is 1.86 bits per heavy atom. The second-order valence-corrected chi connectivity index (χ2v) is 9.08. The van der Waals surface area contributed by atoms with E-state index >= 15 is 0 Å². The van der Waals surface area contributed by atoms with E-state index in [9.17, 15) is 13.2 Å². The first-order valence-electron chi connectivity index (χ1n) is 8.81. The number of anilines is 1. The first kappa shape index (κ1) is 21.9. The van der Waals surface area contributed by atoms with Gasteiger partial charge in [-0.25, -0.2) is 8.42 Å². The maximum Gasteiger partial charge on any atom is 0.246 e. The molecule has 1 fully saturated rings. The van der Waals surface area contributed by atoms with E-state index in [0.29, 0.717) is 34.5 Å². The maximum absolute atomic E-state index is 13.0. The number of carbonyl (C=O) groups is 1. The van der Waals surface area contributed by atoms with Gasteiger partial charge in [0.15, 0.2) is 0 Å². The molecule has 156 valence electrons. The van der Waals surface area contributed by atoms with Crippen molar-refractivity contribution in [3.63, 3.8) is 0 Å². The topological polar surface area (TPSA) is 84.9 Å². The number of ether oxygens (including phenoxy) is 2. The Labute approximate surface area is 179 Å². The normalized spacial score (nSPS) is 15.1.